The first kappa shape index (κ1) is 15.9. The molecular weight excluding hydrogens is 274 g/mol. The Balaban J connectivity index is 2.38. The van der Waals surface area contributed by atoms with E-state index in [9.17, 15) is 18.0 Å². The highest BCUT2D eigenvalue weighted by Gasteiger charge is 2.30. The van der Waals surface area contributed by atoms with Crippen molar-refractivity contribution in [1.29, 1.82) is 0 Å². The van der Waals surface area contributed by atoms with Crippen LogP contribution in [0, 0.1) is 5.92 Å². The minimum atomic E-state index is -3.59. The van der Waals surface area contributed by atoms with Gasteiger partial charge in [0.05, 0.1) is 5.92 Å². The Bertz CT molecular complexity index is 428. The van der Waals surface area contributed by atoms with Gasteiger partial charge in [-0.3, -0.25) is 9.59 Å². The van der Waals surface area contributed by atoms with Crippen LogP contribution in [0.5, 0.6) is 0 Å². The minimum Gasteiger partial charge on any atom is -0.481 e. The molecule has 1 heterocycles. The van der Waals surface area contributed by atoms with Crippen molar-refractivity contribution in [2.75, 3.05) is 26.2 Å². The summed E-state index contributed by atoms with van der Waals surface area (Å²) in [4.78, 5) is 21.4. The number of carbonyl (C=O) groups is 2. The quantitative estimate of drug-likeness (QED) is 0.529. The summed E-state index contributed by atoms with van der Waals surface area (Å²) in [5.74, 6) is -1.57. The van der Waals surface area contributed by atoms with E-state index >= 15 is 0 Å². The minimum absolute atomic E-state index is 0.112. The van der Waals surface area contributed by atoms with Crippen molar-refractivity contribution in [3.05, 3.63) is 0 Å². The van der Waals surface area contributed by atoms with Crippen LogP contribution >= 0.6 is 0 Å². The molecule has 0 aromatic carbocycles. The first-order valence-corrected chi connectivity index (χ1v) is 7.49. The van der Waals surface area contributed by atoms with Crippen molar-refractivity contribution >= 4 is 22.1 Å². The van der Waals surface area contributed by atoms with Crippen LogP contribution in [0.15, 0.2) is 0 Å². The molecule has 0 aromatic rings. The van der Waals surface area contributed by atoms with Gasteiger partial charge in [-0.1, -0.05) is 0 Å². The van der Waals surface area contributed by atoms with E-state index in [1.165, 1.54) is 11.2 Å². The Kier molecular flexibility index (Phi) is 5.70. The summed E-state index contributed by atoms with van der Waals surface area (Å²) >= 11 is 0. The van der Waals surface area contributed by atoms with Gasteiger partial charge in [-0.05, 0) is 12.8 Å². The fraction of sp³-hybridized carbons (Fsp3) is 0.800. The van der Waals surface area contributed by atoms with Crippen molar-refractivity contribution < 1.29 is 23.1 Å². The highest BCUT2D eigenvalue weighted by molar-refractivity contribution is 7.87. The number of rotatable bonds is 6. The monoisotopic (exact) mass is 293 g/mol. The molecule has 1 aliphatic heterocycles. The molecule has 0 bridgehead atoms. The number of carboxylic acids is 1. The second-order valence-corrected chi connectivity index (χ2v) is 6.15. The zero-order valence-electron chi connectivity index (χ0n) is 10.8. The zero-order valence-corrected chi connectivity index (χ0v) is 11.6. The molecule has 9 heteroatoms. The van der Waals surface area contributed by atoms with Gasteiger partial charge in [-0.2, -0.15) is 12.7 Å². The molecule has 0 saturated carbocycles. The Morgan fingerprint density at radius 1 is 1.26 bits per heavy atom. The molecule has 19 heavy (non-hydrogen) atoms. The summed E-state index contributed by atoms with van der Waals surface area (Å²) < 4.78 is 27.3. The Hall–Kier alpha value is -1.19. The SMILES string of the molecule is CC(=O)NCCNS(=O)(=O)N1CCC(C(=O)O)CC1. The van der Waals surface area contributed by atoms with E-state index in [1.54, 1.807) is 0 Å². The summed E-state index contributed by atoms with van der Waals surface area (Å²) in [7, 11) is -3.59. The number of carboxylic acid groups (broad SMARTS) is 1. The molecule has 110 valence electrons. The number of piperidine rings is 1. The normalized spacial score (nSPS) is 18.2. The van der Waals surface area contributed by atoms with E-state index in [2.05, 4.69) is 10.0 Å². The third-order valence-corrected chi connectivity index (χ3v) is 4.54. The maximum atomic E-state index is 11.9. The van der Waals surface area contributed by atoms with E-state index in [1.807, 2.05) is 0 Å². The molecule has 1 fully saturated rings. The van der Waals surface area contributed by atoms with Gasteiger partial charge in [0.2, 0.25) is 5.91 Å². The number of nitrogens with zero attached hydrogens (tertiary/aromatic N) is 1. The predicted molar refractivity (Wildman–Crippen MR) is 67.5 cm³/mol. The lowest BCUT2D eigenvalue weighted by Gasteiger charge is -2.29. The van der Waals surface area contributed by atoms with Crippen LogP contribution in [0.2, 0.25) is 0 Å². The van der Waals surface area contributed by atoms with Crippen molar-refractivity contribution in [3.63, 3.8) is 0 Å². The van der Waals surface area contributed by atoms with Gasteiger partial charge in [0.15, 0.2) is 0 Å². The van der Waals surface area contributed by atoms with Crippen molar-refractivity contribution in [2.24, 2.45) is 5.92 Å². The molecule has 0 radical (unpaired) electrons. The van der Waals surface area contributed by atoms with Crippen LogP contribution in [-0.4, -0.2) is 55.9 Å². The van der Waals surface area contributed by atoms with Gasteiger partial charge in [-0.25, -0.2) is 4.72 Å². The van der Waals surface area contributed by atoms with Crippen LogP contribution in [0.4, 0.5) is 0 Å². The fourth-order valence-corrected chi connectivity index (χ4v) is 3.09. The second kappa shape index (κ2) is 6.83. The molecule has 0 spiro atoms. The van der Waals surface area contributed by atoms with Gasteiger partial charge in [0.25, 0.3) is 10.2 Å². The molecule has 1 saturated heterocycles. The molecule has 1 amide bonds. The smallest absolute Gasteiger partial charge is 0.306 e. The predicted octanol–water partition coefficient (Wildman–Crippen LogP) is -1.25. The summed E-state index contributed by atoms with van der Waals surface area (Å²) in [5.41, 5.74) is 0. The Morgan fingerprint density at radius 2 is 1.84 bits per heavy atom. The molecule has 0 aromatic heterocycles. The van der Waals surface area contributed by atoms with E-state index in [4.69, 9.17) is 5.11 Å². The van der Waals surface area contributed by atoms with Gasteiger partial charge in [0.1, 0.15) is 0 Å². The molecular formula is C10H19N3O5S. The Morgan fingerprint density at radius 3 is 2.32 bits per heavy atom. The maximum absolute atomic E-state index is 11.9. The lowest BCUT2D eigenvalue weighted by Crippen LogP contribution is -2.47. The van der Waals surface area contributed by atoms with Crippen LogP contribution in [0.1, 0.15) is 19.8 Å². The molecule has 0 atom stereocenters. The summed E-state index contributed by atoms with van der Waals surface area (Å²) in [6, 6.07) is 0. The average molecular weight is 293 g/mol. The van der Waals surface area contributed by atoms with Crippen LogP contribution in [-0.2, 0) is 19.8 Å². The van der Waals surface area contributed by atoms with E-state index in [0.717, 1.165) is 0 Å². The zero-order chi connectivity index (χ0) is 14.5. The molecule has 0 aliphatic carbocycles. The number of nitrogens with one attached hydrogen (secondary N) is 2. The van der Waals surface area contributed by atoms with Crippen molar-refractivity contribution in [3.8, 4) is 0 Å². The first-order chi connectivity index (χ1) is 8.83. The van der Waals surface area contributed by atoms with Crippen LogP contribution in [0.25, 0.3) is 0 Å². The molecule has 0 unspecified atom stereocenters. The fourth-order valence-electron chi connectivity index (χ4n) is 1.85. The maximum Gasteiger partial charge on any atom is 0.306 e. The summed E-state index contributed by atoms with van der Waals surface area (Å²) in [5, 5.41) is 11.3. The van der Waals surface area contributed by atoms with Crippen molar-refractivity contribution in [1.82, 2.24) is 14.3 Å². The molecule has 1 aliphatic rings. The third kappa shape index (κ3) is 5.13. The third-order valence-electron chi connectivity index (χ3n) is 2.93. The summed E-state index contributed by atoms with van der Waals surface area (Å²) in [6.07, 6.45) is 0.643. The topological polar surface area (TPSA) is 116 Å². The number of hydrogen-bond donors (Lipinski definition) is 3. The number of carbonyl (C=O) groups excluding carboxylic acids is 1. The molecule has 8 nitrogen and oxygen atoms in total. The lowest BCUT2D eigenvalue weighted by molar-refractivity contribution is -0.143. The lowest BCUT2D eigenvalue weighted by atomic mass is 9.99. The second-order valence-electron chi connectivity index (χ2n) is 4.39. The van der Waals surface area contributed by atoms with E-state index < -0.39 is 22.1 Å². The standard InChI is InChI=1S/C10H19N3O5S/c1-8(14)11-4-5-12-19(17,18)13-6-2-9(3-7-13)10(15)16/h9,12H,2-7H2,1H3,(H,11,14)(H,15,16). The first-order valence-electron chi connectivity index (χ1n) is 6.05. The van der Waals surface area contributed by atoms with Crippen molar-refractivity contribution in [2.45, 2.75) is 19.8 Å². The largest absolute Gasteiger partial charge is 0.481 e. The highest BCUT2D eigenvalue weighted by Crippen LogP contribution is 2.18. The number of amides is 1. The van der Waals surface area contributed by atoms with E-state index in [0.29, 0.717) is 12.8 Å². The highest BCUT2D eigenvalue weighted by atomic mass is 32.2. The number of hydrogen-bond acceptors (Lipinski definition) is 4. The summed E-state index contributed by atoms with van der Waals surface area (Å²) in [6.45, 7) is 2.09. The number of aliphatic carboxylic acids is 1. The van der Waals surface area contributed by atoms with Gasteiger partial charge in [-0.15, -0.1) is 0 Å². The van der Waals surface area contributed by atoms with E-state index in [-0.39, 0.29) is 32.1 Å². The van der Waals surface area contributed by atoms with Crippen LogP contribution in [0.3, 0.4) is 0 Å². The van der Waals surface area contributed by atoms with Gasteiger partial charge in [0, 0.05) is 33.1 Å². The average Bonchev–Trinajstić information content (AvgIpc) is 2.34. The van der Waals surface area contributed by atoms with Gasteiger partial charge >= 0.3 is 5.97 Å². The molecule has 1 rings (SSSR count). The van der Waals surface area contributed by atoms with Crippen LogP contribution < -0.4 is 10.0 Å². The molecule has 3 N–H and O–H groups in total. The van der Waals surface area contributed by atoms with Gasteiger partial charge < -0.3 is 10.4 Å². The Labute approximate surface area is 112 Å².